The molecule has 1 heterocycles. The number of rotatable bonds is 4. The third-order valence-electron chi connectivity index (χ3n) is 1.76. The van der Waals surface area contributed by atoms with Gasteiger partial charge in [0, 0.05) is 20.5 Å². The molecule has 2 N–H and O–H groups in total. The van der Waals surface area contributed by atoms with Crippen LogP contribution in [-0.2, 0) is 0 Å². The van der Waals surface area contributed by atoms with E-state index in [1.165, 1.54) is 4.90 Å². The Morgan fingerprint density at radius 3 is 2.86 bits per heavy atom. The van der Waals surface area contributed by atoms with Gasteiger partial charge in [0.2, 0.25) is 5.89 Å². The summed E-state index contributed by atoms with van der Waals surface area (Å²) >= 11 is 0. The van der Waals surface area contributed by atoms with E-state index in [1.54, 1.807) is 14.0 Å². The minimum atomic E-state index is -0.240. The van der Waals surface area contributed by atoms with E-state index in [2.05, 4.69) is 10.1 Å². The van der Waals surface area contributed by atoms with Crippen LogP contribution in [0.3, 0.4) is 0 Å². The van der Waals surface area contributed by atoms with Crippen molar-refractivity contribution in [3.8, 4) is 0 Å². The third kappa shape index (κ3) is 2.53. The second-order valence-electron chi connectivity index (χ2n) is 3.01. The molecular weight excluding hydrogens is 184 g/mol. The molecule has 0 radical (unpaired) electrons. The van der Waals surface area contributed by atoms with Crippen LogP contribution < -0.4 is 5.73 Å². The summed E-state index contributed by atoms with van der Waals surface area (Å²) in [4.78, 5) is 16.9. The van der Waals surface area contributed by atoms with Crippen molar-refractivity contribution in [2.24, 2.45) is 5.73 Å². The van der Waals surface area contributed by atoms with Gasteiger partial charge in [0.05, 0.1) is 0 Å². The van der Waals surface area contributed by atoms with Gasteiger partial charge in [-0.15, -0.1) is 0 Å². The third-order valence-corrected chi connectivity index (χ3v) is 1.76. The number of hydrogen-bond donors (Lipinski definition) is 1. The Morgan fingerprint density at radius 2 is 2.36 bits per heavy atom. The molecule has 1 amide bonds. The topological polar surface area (TPSA) is 85.2 Å². The molecule has 0 aliphatic heterocycles. The molecule has 0 aromatic carbocycles. The zero-order chi connectivity index (χ0) is 10.6. The van der Waals surface area contributed by atoms with Crippen LogP contribution in [0.4, 0.5) is 0 Å². The quantitative estimate of drug-likeness (QED) is 0.724. The van der Waals surface area contributed by atoms with Gasteiger partial charge in [0.25, 0.3) is 11.7 Å². The van der Waals surface area contributed by atoms with Gasteiger partial charge in [-0.3, -0.25) is 4.79 Å². The minimum Gasteiger partial charge on any atom is -0.339 e. The number of aryl methyl sites for hydroxylation is 1. The largest absolute Gasteiger partial charge is 0.339 e. The Morgan fingerprint density at radius 1 is 1.64 bits per heavy atom. The number of carbonyl (C=O) groups is 1. The molecule has 0 aliphatic rings. The smallest absolute Gasteiger partial charge is 0.295 e. The zero-order valence-electron chi connectivity index (χ0n) is 8.36. The predicted molar refractivity (Wildman–Crippen MR) is 49.7 cm³/mol. The van der Waals surface area contributed by atoms with Crippen LogP contribution in [0.5, 0.6) is 0 Å². The standard InChI is InChI=1S/C8H14N4O2/c1-6-10-7(11-14-6)8(13)12(2)5-3-4-9/h3-5,9H2,1-2H3. The highest BCUT2D eigenvalue weighted by atomic mass is 16.5. The number of aromatic nitrogens is 2. The first-order valence-electron chi connectivity index (χ1n) is 4.41. The van der Waals surface area contributed by atoms with Gasteiger partial charge in [-0.05, 0) is 13.0 Å². The molecular formula is C8H14N4O2. The minimum absolute atomic E-state index is 0.0991. The van der Waals surface area contributed by atoms with E-state index >= 15 is 0 Å². The van der Waals surface area contributed by atoms with Crippen LogP contribution in [0.2, 0.25) is 0 Å². The molecule has 14 heavy (non-hydrogen) atoms. The number of carbonyl (C=O) groups excluding carboxylic acids is 1. The maximum Gasteiger partial charge on any atom is 0.295 e. The number of nitrogens with zero attached hydrogens (tertiary/aromatic N) is 3. The molecule has 0 fully saturated rings. The molecule has 78 valence electrons. The summed E-state index contributed by atoms with van der Waals surface area (Å²) in [6.07, 6.45) is 0.763. The first-order chi connectivity index (χ1) is 6.65. The first-order valence-corrected chi connectivity index (χ1v) is 4.41. The van der Waals surface area contributed by atoms with E-state index < -0.39 is 0 Å². The van der Waals surface area contributed by atoms with Crippen LogP contribution in [0.15, 0.2) is 4.52 Å². The van der Waals surface area contributed by atoms with Gasteiger partial charge in [-0.2, -0.15) is 4.98 Å². The summed E-state index contributed by atoms with van der Waals surface area (Å²) in [5, 5.41) is 3.54. The van der Waals surface area contributed by atoms with Gasteiger partial charge >= 0.3 is 0 Å². The van der Waals surface area contributed by atoms with Crippen molar-refractivity contribution in [1.29, 1.82) is 0 Å². The molecule has 0 spiro atoms. The fourth-order valence-corrected chi connectivity index (χ4v) is 0.987. The lowest BCUT2D eigenvalue weighted by molar-refractivity contribution is 0.0779. The molecule has 1 aromatic rings. The molecule has 6 nitrogen and oxygen atoms in total. The van der Waals surface area contributed by atoms with Gasteiger partial charge in [-0.25, -0.2) is 0 Å². The van der Waals surface area contributed by atoms with E-state index in [4.69, 9.17) is 10.3 Å². The van der Waals surface area contributed by atoms with Crippen molar-refractivity contribution < 1.29 is 9.32 Å². The molecule has 0 aliphatic carbocycles. The monoisotopic (exact) mass is 198 g/mol. The zero-order valence-corrected chi connectivity index (χ0v) is 8.36. The molecule has 1 rings (SSSR count). The lowest BCUT2D eigenvalue weighted by atomic mass is 10.4. The van der Waals surface area contributed by atoms with Crippen molar-refractivity contribution >= 4 is 5.91 Å². The predicted octanol–water partition coefficient (Wildman–Crippen LogP) is -0.201. The van der Waals surface area contributed by atoms with Crippen LogP contribution >= 0.6 is 0 Å². The molecule has 0 unspecified atom stereocenters. The second-order valence-corrected chi connectivity index (χ2v) is 3.01. The van der Waals surface area contributed by atoms with Crippen LogP contribution in [0.1, 0.15) is 22.9 Å². The summed E-state index contributed by atoms with van der Waals surface area (Å²) in [5.41, 5.74) is 5.33. The van der Waals surface area contributed by atoms with Gasteiger partial charge in [0.1, 0.15) is 0 Å². The van der Waals surface area contributed by atoms with Crippen LogP contribution in [-0.4, -0.2) is 41.1 Å². The highest BCUT2D eigenvalue weighted by Crippen LogP contribution is 1.99. The Hall–Kier alpha value is -1.43. The van der Waals surface area contributed by atoms with E-state index in [0.29, 0.717) is 19.0 Å². The molecule has 0 atom stereocenters. The highest BCUT2D eigenvalue weighted by Gasteiger charge is 2.16. The summed E-state index contributed by atoms with van der Waals surface area (Å²) in [6.45, 7) is 2.80. The maximum absolute atomic E-state index is 11.6. The molecule has 6 heteroatoms. The van der Waals surface area contributed by atoms with E-state index in [-0.39, 0.29) is 11.7 Å². The van der Waals surface area contributed by atoms with Crippen molar-refractivity contribution in [3.63, 3.8) is 0 Å². The summed E-state index contributed by atoms with van der Waals surface area (Å²) in [7, 11) is 1.68. The fourth-order valence-electron chi connectivity index (χ4n) is 0.987. The number of hydrogen-bond acceptors (Lipinski definition) is 5. The number of amides is 1. The normalized spacial score (nSPS) is 10.2. The molecule has 0 saturated heterocycles. The van der Waals surface area contributed by atoms with Crippen molar-refractivity contribution in [2.45, 2.75) is 13.3 Å². The SMILES string of the molecule is Cc1nc(C(=O)N(C)CCCN)no1. The average molecular weight is 198 g/mol. The highest BCUT2D eigenvalue weighted by molar-refractivity contribution is 5.90. The van der Waals surface area contributed by atoms with Crippen molar-refractivity contribution in [1.82, 2.24) is 15.0 Å². The Bertz CT molecular complexity index is 310. The van der Waals surface area contributed by atoms with E-state index in [9.17, 15) is 4.79 Å². The summed E-state index contributed by atoms with van der Waals surface area (Å²) in [6, 6.07) is 0. The fraction of sp³-hybridized carbons (Fsp3) is 0.625. The Balaban J connectivity index is 2.56. The molecule has 0 saturated carbocycles. The Labute approximate surface area is 82.1 Å². The van der Waals surface area contributed by atoms with Gasteiger partial charge in [0.15, 0.2) is 0 Å². The Kier molecular flexibility index (Phi) is 3.58. The summed E-state index contributed by atoms with van der Waals surface area (Å²) < 4.78 is 4.71. The second kappa shape index (κ2) is 4.71. The first kappa shape index (κ1) is 10.6. The van der Waals surface area contributed by atoms with Gasteiger partial charge < -0.3 is 15.2 Å². The van der Waals surface area contributed by atoms with Crippen LogP contribution in [0, 0.1) is 6.92 Å². The lowest BCUT2D eigenvalue weighted by Gasteiger charge is -2.13. The number of nitrogens with two attached hydrogens (primary N) is 1. The lowest BCUT2D eigenvalue weighted by Crippen LogP contribution is -2.29. The molecule has 0 bridgehead atoms. The van der Waals surface area contributed by atoms with Crippen molar-refractivity contribution in [2.75, 3.05) is 20.1 Å². The van der Waals surface area contributed by atoms with E-state index in [1.807, 2.05) is 0 Å². The van der Waals surface area contributed by atoms with Crippen LogP contribution in [0.25, 0.3) is 0 Å². The summed E-state index contributed by atoms with van der Waals surface area (Å²) in [5.74, 6) is 0.248. The molecule has 1 aromatic heterocycles. The van der Waals surface area contributed by atoms with Crippen molar-refractivity contribution in [3.05, 3.63) is 11.7 Å². The average Bonchev–Trinajstić information content (AvgIpc) is 2.60. The van der Waals surface area contributed by atoms with E-state index in [0.717, 1.165) is 6.42 Å². The maximum atomic E-state index is 11.6. The van der Waals surface area contributed by atoms with Gasteiger partial charge in [-0.1, -0.05) is 5.16 Å².